The van der Waals surface area contributed by atoms with Crippen LogP contribution in [-0.2, 0) is 11.4 Å². The number of ether oxygens (including phenoxy) is 2. The van der Waals surface area contributed by atoms with Gasteiger partial charge >= 0.3 is 6.03 Å². The summed E-state index contributed by atoms with van der Waals surface area (Å²) in [6.45, 7) is 2.43. The van der Waals surface area contributed by atoms with Crippen molar-refractivity contribution in [3.63, 3.8) is 0 Å². The van der Waals surface area contributed by atoms with Gasteiger partial charge in [0.05, 0.1) is 10.7 Å². The number of hydrogen-bond acceptors (Lipinski definition) is 4. The van der Waals surface area contributed by atoms with Crippen LogP contribution in [0.2, 0.25) is 5.02 Å². The number of amides is 3. The fourth-order valence-electron chi connectivity index (χ4n) is 2.72. The van der Waals surface area contributed by atoms with E-state index in [4.69, 9.17) is 21.1 Å². The molecule has 2 aromatic carbocycles. The van der Waals surface area contributed by atoms with Gasteiger partial charge in [-0.1, -0.05) is 23.7 Å². The van der Waals surface area contributed by atoms with Crippen LogP contribution in [0.5, 0.6) is 11.5 Å². The molecule has 0 atom stereocenters. The van der Waals surface area contributed by atoms with Gasteiger partial charge in [-0.15, -0.1) is 0 Å². The SMILES string of the molecule is CCN1C(=O)N/C(=C\c2cc(I)c(OCc3ccc(Cl)cc3)c(OC)c2)C1=O. The molecule has 6 nitrogen and oxygen atoms in total. The summed E-state index contributed by atoms with van der Waals surface area (Å²) in [5.41, 5.74) is 1.94. The van der Waals surface area contributed by atoms with E-state index in [1.807, 2.05) is 30.3 Å². The van der Waals surface area contributed by atoms with E-state index >= 15 is 0 Å². The van der Waals surface area contributed by atoms with E-state index < -0.39 is 6.03 Å². The number of benzene rings is 2. The fourth-order valence-corrected chi connectivity index (χ4v) is 3.63. The molecule has 8 heteroatoms. The lowest BCUT2D eigenvalue weighted by Gasteiger charge is -2.14. The zero-order valence-corrected chi connectivity index (χ0v) is 18.2. The zero-order valence-electron chi connectivity index (χ0n) is 15.3. The van der Waals surface area contributed by atoms with Crippen LogP contribution in [0, 0.1) is 3.57 Å². The molecule has 0 aliphatic carbocycles. The van der Waals surface area contributed by atoms with Crippen LogP contribution in [0.4, 0.5) is 4.79 Å². The summed E-state index contributed by atoms with van der Waals surface area (Å²) in [6.07, 6.45) is 1.63. The summed E-state index contributed by atoms with van der Waals surface area (Å²) >= 11 is 8.06. The van der Waals surface area contributed by atoms with Crippen molar-refractivity contribution in [1.82, 2.24) is 10.2 Å². The Kier molecular flexibility index (Phi) is 6.46. The standard InChI is InChI=1S/C20H18ClIN2O4/c1-3-24-19(25)16(23-20(24)26)9-13-8-15(22)18(17(10-13)27-2)28-11-12-4-6-14(21)7-5-12/h4-10H,3,11H2,1-2H3,(H,23,26)/b16-9-. The zero-order chi connectivity index (χ0) is 20.3. The van der Waals surface area contributed by atoms with Crippen LogP contribution in [0.15, 0.2) is 42.1 Å². The van der Waals surface area contributed by atoms with E-state index in [0.717, 1.165) is 19.6 Å². The second kappa shape index (κ2) is 8.83. The van der Waals surface area contributed by atoms with Crippen molar-refractivity contribution in [2.24, 2.45) is 0 Å². The molecule has 28 heavy (non-hydrogen) atoms. The Morgan fingerprint density at radius 2 is 1.93 bits per heavy atom. The van der Waals surface area contributed by atoms with Crippen LogP contribution in [0.25, 0.3) is 6.08 Å². The predicted octanol–water partition coefficient (Wildman–Crippen LogP) is 4.44. The van der Waals surface area contributed by atoms with Crippen molar-refractivity contribution < 1.29 is 19.1 Å². The van der Waals surface area contributed by atoms with Crippen LogP contribution in [0.1, 0.15) is 18.1 Å². The fraction of sp³-hybridized carbons (Fsp3) is 0.200. The lowest BCUT2D eigenvalue weighted by molar-refractivity contribution is -0.122. The van der Waals surface area contributed by atoms with E-state index in [2.05, 4.69) is 27.9 Å². The van der Waals surface area contributed by atoms with Gasteiger partial charge in [0.1, 0.15) is 12.3 Å². The highest BCUT2D eigenvalue weighted by atomic mass is 127. The van der Waals surface area contributed by atoms with Crippen LogP contribution < -0.4 is 14.8 Å². The molecule has 1 N–H and O–H groups in total. The van der Waals surface area contributed by atoms with E-state index in [0.29, 0.717) is 29.7 Å². The molecule has 0 unspecified atom stereocenters. The smallest absolute Gasteiger partial charge is 0.328 e. The van der Waals surface area contributed by atoms with Crippen molar-refractivity contribution in [2.45, 2.75) is 13.5 Å². The maximum absolute atomic E-state index is 12.2. The topological polar surface area (TPSA) is 67.9 Å². The number of imide groups is 1. The van der Waals surface area contributed by atoms with Gasteiger partial charge in [-0.25, -0.2) is 4.79 Å². The molecule has 0 saturated carbocycles. The first-order chi connectivity index (χ1) is 13.4. The quantitative estimate of drug-likeness (QED) is 0.353. The molecule has 3 amide bonds. The molecule has 3 rings (SSSR count). The molecule has 1 aliphatic rings. The maximum Gasteiger partial charge on any atom is 0.328 e. The van der Waals surface area contributed by atoms with Crippen molar-refractivity contribution in [2.75, 3.05) is 13.7 Å². The van der Waals surface area contributed by atoms with Crippen molar-refractivity contribution >= 4 is 52.2 Å². The van der Waals surface area contributed by atoms with Crippen LogP contribution in [0.3, 0.4) is 0 Å². The number of methoxy groups -OCH3 is 1. The summed E-state index contributed by atoms with van der Waals surface area (Å²) < 4.78 is 12.2. The lowest BCUT2D eigenvalue weighted by Crippen LogP contribution is -2.30. The molecule has 1 saturated heterocycles. The number of urea groups is 1. The van der Waals surface area contributed by atoms with Crippen LogP contribution >= 0.6 is 34.2 Å². The summed E-state index contributed by atoms with van der Waals surface area (Å²) in [4.78, 5) is 25.2. The number of carbonyl (C=O) groups excluding carboxylic acids is 2. The van der Waals surface area contributed by atoms with Crippen molar-refractivity contribution in [3.05, 3.63) is 61.8 Å². The van der Waals surface area contributed by atoms with Gasteiger partial charge in [-0.3, -0.25) is 9.69 Å². The normalized spacial score (nSPS) is 15.1. The van der Waals surface area contributed by atoms with Gasteiger partial charge in [0.25, 0.3) is 5.91 Å². The number of rotatable bonds is 6. The van der Waals surface area contributed by atoms with Gasteiger partial charge in [-0.05, 0) is 71.0 Å². The Bertz CT molecular complexity index is 944. The van der Waals surface area contributed by atoms with Crippen LogP contribution in [-0.4, -0.2) is 30.5 Å². The third-order valence-corrected chi connectivity index (χ3v) is 5.19. The molecule has 1 fully saturated rings. The Labute approximate surface area is 181 Å². The third-order valence-electron chi connectivity index (χ3n) is 4.14. The lowest BCUT2D eigenvalue weighted by atomic mass is 10.1. The number of carbonyl (C=O) groups is 2. The number of hydrogen-bond donors (Lipinski definition) is 1. The summed E-state index contributed by atoms with van der Waals surface area (Å²) in [5.74, 6) is 0.804. The van der Waals surface area contributed by atoms with Gasteiger partial charge in [-0.2, -0.15) is 0 Å². The minimum Gasteiger partial charge on any atom is -0.493 e. The molecule has 0 aromatic heterocycles. The van der Waals surface area contributed by atoms with E-state index in [9.17, 15) is 9.59 Å². The first kappa shape index (κ1) is 20.5. The molecular weight excluding hydrogens is 495 g/mol. The van der Waals surface area contributed by atoms with Gasteiger partial charge in [0.2, 0.25) is 0 Å². The van der Waals surface area contributed by atoms with Gasteiger partial charge in [0.15, 0.2) is 11.5 Å². The first-order valence-electron chi connectivity index (χ1n) is 8.52. The van der Waals surface area contributed by atoms with E-state index in [1.165, 1.54) is 0 Å². The van der Waals surface area contributed by atoms with E-state index in [-0.39, 0.29) is 11.6 Å². The Balaban J connectivity index is 1.83. The molecular formula is C20H18ClIN2O4. The molecule has 1 aliphatic heterocycles. The largest absolute Gasteiger partial charge is 0.493 e. The Morgan fingerprint density at radius 3 is 2.54 bits per heavy atom. The monoisotopic (exact) mass is 512 g/mol. The second-order valence-corrected chi connectivity index (χ2v) is 7.59. The minimum absolute atomic E-state index is 0.236. The summed E-state index contributed by atoms with van der Waals surface area (Å²) in [5, 5.41) is 3.26. The molecule has 1 heterocycles. The van der Waals surface area contributed by atoms with E-state index in [1.54, 1.807) is 26.2 Å². The Morgan fingerprint density at radius 1 is 1.21 bits per heavy atom. The number of likely N-dealkylation sites (N-methyl/N-ethyl adjacent to an activating group) is 1. The summed E-state index contributed by atoms with van der Waals surface area (Å²) in [7, 11) is 1.55. The number of nitrogens with zero attached hydrogens (tertiary/aromatic N) is 1. The first-order valence-corrected chi connectivity index (χ1v) is 9.98. The van der Waals surface area contributed by atoms with Gasteiger partial charge < -0.3 is 14.8 Å². The highest BCUT2D eigenvalue weighted by Gasteiger charge is 2.32. The third kappa shape index (κ3) is 4.41. The van der Waals surface area contributed by atoms with Gasteiger partial charge in [0, 0.05) is 11.6 Å². The molecule has 2 aromatic rings. The average Bonchev–Trinajstić information content (AvgIpc) is 2.94. The highest BCUT2D eigenvalue weighted by molar-refractivity contribution is 14.1. The van der Waals surface area contributed by atoms with Crippen molar-refractivity contribution in [1.29, 1.82) is 0 Å². The molecule has 0 bridgehead atoms. The maximum atomic E-state index is 12.2. The predicted molar refractivity (Wildman–Crippen MR) is 115 cm³/mol. The molecule has 0 spiro atoms. The number of halogens is 2. The highest BCUT2D eigenvalue weighted by Crippen LogP contribution is 2.35. The molecule has 146 valence electrons. The van der Waals surface area contributed by atoms with Crippen molar-refractivity contribution in [3.8, 4) is 11.5 Å². The molecule has 0 radical (unpaired) electrons. The number of nitrogens with one attached hydrogen (secondary N) is 1. The average molecular weight is 513 g/mol. The minimum atomic E-state index is -0.414. The Hall–Kier alpha value is -2.26. The second-order valence-electron chi connectivity index (χ2n) is 5.99. The summed E-state index contributed by atoms with van der Waals surface area (Å²) in [6, 6.07) is 10.6.